The van der Waals surface area contributed by atoms with Crippen molar-refractivity contribution in [3.05, 3.63) is 56.6 Å². The van der Waals surface area contributed by atoms with Gasteiger partial charge in [-0.2, -0.15) is 13.2 Å². The highest BCUT2D eigenvalue weighted by Gasteiger charge is 2.48. The first-order valence-electron chi connectivity index (χ1n) is 6.82. The summed E-state index contributed by atoms with van der Waals surface area (Å²) in [5, 5.41) is 18.0. The van der Waals surface area contributed by atoms with Crippen LogP contribution in [0.25, 0.3) is 0 Å². The summed E-state index contributed by atoms with van der Waals surface area (Å²) in [4.78, 5) is 23.3. The van der Waals surface area contributed by atoms with Crippen LogP contribution in [0.3, 0.4) is 0 Å². The molecule has 1 atom stereocenters. The Morgan fingerprint density at radius 2 is 1.64 bits per heavy atom. The first-order chi connectivity index (χ1) is 11.4. The smallest absolute Gasteiger partial charge is 0.416 e. The summed E-state index contributed by atoms with van der Waals surface area (Å²) in [5.41, 5.74) is -3.38. The molecule has 0 heterocycles. The predicted octanol–water partition coefficient (Wildman–Crippen LogP) is 4.70. The third-order valence-corrected chi connectivity index (χ3v) is 4.70. The van der Waals surface area contributed by atoms with Gasteiger partial charge in [-0.05, 0) is 19.1 Å². The Bertz CT molecular complexity index is 804. The molecule has 25 heavy (non-hydrogen) atoms. The van der Waals surface area contributed by atoms with Gasteiger partial charge in [0.2, 0.25) is 0 Å². The van der Waals surface area contributed by atoms with Gasteiger partial charge in [0.05, 0.1) is 5.56 Å². The van der Waals surface area contributed by atoms with E-state index in [9.17, 15) is 27.9 Å². The van der Waals surface area contributed by atoms with Crippen molar-refractivity contribution in [3.8, 4) is 0 Å². The molecule has 1 aromatic carbocycles. The summed E-state index contributed by atoms with van der Waals surface area (Å²) >= 11 is 11.9. The van der Waals surface area contributed by atoms with Gasteiger partial charge in [0, 0.05) is 27.6 Å². The first-order valence-corrected chi connectivity index (χ1v) is 7.58. The number of carboxylic acid groups (broad SMARTS) is 2. The minimum absolute atomic E-state index is 0.202. The van der Waals surface area contributed by atoms with Crippen molar-refractivity contribution in [2.45, 2.75) is 24.9 Å². The van der Waals surface area contributed by atoms with E-state index < -0.39 is 45.6 Å². The van der Waals surface area contributed by atoms with Crippen LogP contribution in [0.1, 0.15) is 24.5 Å². The van der Waals surface area contributed by atoms with Crippen LogP contribution in [-0.4, -0.2) is 22.2 Å². The van der Waals surface area contributed by atoms with Crippen molar-refractivity contribution in [3.63, 3.8) is 0 Å². The summed E-state index contributed by atoms with van der Waals surface area (Å²) < 4.78 is 38.7. The van der Waals surface area contributed by atoms with E-state index in [0.717, 1.165) is 0 Å². The predicted molar refractivity (Wildman–Crippen MR) is 84.9 cm³/mol. The molecule has 0 spiro atoms. The molecule has 0 amide bonds. The highest BCUT2D eigenvalue weighted by atomic mass is 35.5. The number of carboxylic acids is 2. The molecule has 1 aromatic rings. The molecule has 0 bridgehead atoms. The quantitative estimate of drug-likeness (QED) is 0.779. The third-order valence-electron chi connectivity index (χ3n) is 4.10. The van der Waals surface area contributed by atoms with Crippen LogP contribution < -0.4 is 0 Å². The molecule has 0 aromatic heterocycles. The lowest BCUT2D eigenvalue weighted by atomic mass is 9.68. The average Bonchev–Trinajstić information content (AvgIpc) is 2.46. The summed E-state index contributed by atoms with van der Waals surface area (Å²) in [6.45, 7) is 1.42. The van der Waals surface area contributed by atoms with Crippen molar-refractivity contribution >= 4 is 35.1 Å². The van der Waals surface area contributed by atoms with Crippen LogP contribution in [0.15, 0.2) is 35.4 Å². The minimum atomic E-state index is -4.72. The number of allylic oxidation sites excluding steroid dienone is 2. The van der Waals surface area contributed by atoms with Crippen LogP contribution in [-0.2, 0) is 21.2 Å². The van der Waals surface area contributed by atoms with Gasteiger partial charge in [0.1, 0.15) is 5.41 Å². The normalized spacial score (nSPS) is 20.7. The van der Waals surface area contributed by atoms with Gasteiger partial charge in [0.25, 0.3) is 0 Å². The molecular weight excluding hydrogens is 384 g/mol. The fraction of sp³-hybridized carbons (Fsp3) is 0.250. The zero-order valence-corrected chi connectivity index (χ0v) is 14.1. The molecule has 1 aliphatic rings. The van der Waals surface area contributed by atoms with Crippen molar-refractivity contribution in [2.24, 2.45) is 0 Å². The Kier molecular flexibility index (Phi) is 4.94. The van der Waals surface area contributed by atoms with Crippen molar-refractivity contribution in [1.82, 2.24) is 0 Å². The second-order valence-corrected chi connectivity index (χ2v) is 6.36. The number of benzene rings is 1. The average molecular weight is 395 g/mol. The van der Waals surface area contributed by atoms with E-state index in [2.05, 4.69) is 0 Å². The molecule has 0 aliphatic heterocycles. The van der Waals surface area contributed by atoms with E-state index in [4.69, 9.17) is 28.3 Å². The summed E-state index contributed by atoms with van der Waals surface area (Å²) in [6, 6.07) is 1.17. The summed E-state index contributed by atoms with van der Waals surface area (Å²) in [7, 11) is 0. The van der Waals surface area contributed by atoms with Crippen LogP contribution in [0, 0.1) is 0 Å². The highest BCUT2D eigenvalue weighted by molar-refractivity contribution is 6.37. The second kappa shape index (κ2) is 6.38. The van der Waals surface area contributed by atoms with E-state index in [-0.39, 0.29) is 16.7 Å². The minimum Gasteiger partial charge on any atom is -0.480 e. The summed E-state index contributed by atoms with van der Waals surface area (Å²) in [6.07, 6.45) is -2.69. The van der Waals surface area contributed by atoms with E-state index in [1.54, 1.807) is 0 Å². The van der Waals surface area contributed by atoms with E-state index in [0.29, 0.717) is 12.1 Å². The van der Waals surface area contributed by atoms with Crippen molar-refractivity contribution < 1.29 is 33.0 Å². The van der Waals surface area contributed by atoms with Crippen LogP contribution in [0.2, 0.25) is 10.0 Å². The highest BCUT2D eigenvalue weighted by Crippen LogP contribution is 2.48. The van der Waals surface area contributed by atoms with Crippen molar-refractivity contribution in [2.75, 3.05) is 0 Å². The molecule has 9 heteroatoms. The second-order valence-electron chi connectivity index (χ2n) is 5.55. The molecule has 2 N–H and O–H groups in total. The van der Waals surface area contributed by atoms with Crippen LogP contribution in [0.5, 0.6) is 0 Å². The zero-order valence-electron chi connectivity index (χ0n) is 12.6. The first kappa shape index (κ1) is 19.3. The van der Waals surface area contributed by atoms with Gasteiger partial charge in [0.15, 0.2) is 0 Å². The van der Waals surface area contributed by atoms with Gasteiger partial charge in [-0.1, -0.05) is 40.9 Å². The Morgan fingerprint density at radius 1 is 1.12 bits per heavy atom. The fourth-order valence-corrected chi connectivity index (χ4v) is 3.59. The Labute approximate surface area is 150 Å². The van der Waals surface area contributed by atoms with Crippen LogP contribution in [0.4, 0.5) is 13.2 Å². The molecule has 0 fully saturated rings. The zero-order chi connectivity index (χ0) is 19.2. The number of aliphatic carboxylic acids is 2. The lowest BCUT2D eigenvalue weighted by molar-refractivity contribution is -0.142. The topological polar surface area (TPSA) is 74.6 Å². The largest absolute Gasteiger partial charge is 0.480 e. The lowest BCUT2D eigenvalue weighted by Gasteiger charge is -2.35. The van der Waals surface area contributed by atoms with Gasteiger partial charge in [-0.15, -0.1) is 0 Å². The number of carbonyl (C=O) groups is 2. The maximum Gasteiger partial charge on any atom is 0.416 e. The SMILES string of the molecule is CC1=CC=C(C(=O)O)CC1(C(=O)O)c1c(Cl)cc(C(F)(F)F)cc1Cl. The van der Waals surface area contributed by atoms with Crippen molar-refractivity contribution in [1.29, 1.82) is 0 Å². The molecule has 0 saturated carbocycles. The Balaban J connectivity index is 2.76. The van der Waals surface area contributed by atoms with Gasteiger partial charge >= 0.3 is 18.1 Å². The lowest BCUT2D eigenvalue weighted by Crippen LogP contribution is -2.40. The monoisotopic (exact) mass is 394 g/mol. The van der Waals surface area contributed by atoms with Gasteiger partial charge < -0.3 is 10.2 Å². The number of hydrogen-bond donors (Lipinski definition) is 2. The third kappa shape index (κ3) is 3.26. The Hall–Kier alpha value is -1.99. The molecular formula is C16H11Cl2F3O4. The van der Waals surface area contributed by atoms with Crippen LogP contribution >= 0.6 is 23.2 Å². The molecule has 0 saturated heterocycles. The fourth-order valence-electron chi connectivity index (χ4n) is 2.78. The van der Waals surface area contributed by atoms with Gasteiger partial charge in [-0.3, -0.25) is 4.79 Å². The molecule has 4 nitrogen and oxygen atoms in total. The summed E-state index contributed by atoms with van der Waals surface area (Å²) in [5.74, 6) is -2.80. The number of hydrogen-bond acceptors (Lipinski definition) is 2. The van der Waals surface area contributed by atoms with E-state index >= 15 is 0 Å². The molecule has 134 valence electrons. The molecule has 1 unspecified atom stereocenters. The number of alkyl halides is 3. The molecule has 0 radical (unpaired) electrons. The maximum atomic E-state index is 12.9. The number of rotatable bonds is 3. The number of halogens is 5. The Morgan fingerprint density at radius 3 is 2.04 bits per heavy atom. The molecule has 2 rings (SSSR count). The van der Waals surface area contributed by atoms with E-state index in [1.807, 2.05) is 0 Å². The van der Waals surface area contributed by atoms with Gasteiger partial charge in [-0.25, -0.2) is 4.79 Å². The maximum absolute atomic E-state index is 12.9. The van der Waals surface area contributed by atoms with E-state index in [1.165, 1.54) is 19.1 Å². The molecule has 1 aliphatic carbocycles. The standard InChI is InChI=1S/C16H11Cl2F3O4/c1-7-2-3-8(13(22)23)6-15(7,14(24)25)12-10(17)4-9(5-11(12)18)16(19,20)21/h2-5H,6H2,1H3,(H,22,23)(H,24,25).